The number of carbonyl (C=O) groups is 1. The Hall–Kier alpha value is -3.28. The van der Waals surface area contributed by atoms with Gasteiger partial charge < -0.3 is 10.6 Å². The molecule has 0 saturated heterocycles. The van der Waals surface area contributed by atoms with Gasteiger partial charge in [-0.15, -0.1) is 0 Å². The number of pyridine rings is 1. The standard InChI is InChI=1S/C20H17F2N3O/c1-12-5-13(2)7-16(6-12)24-17-8-14(10-23-11-17)20(26)25-19-4-3-15(21)9-18(19)22/h3-11,24H,1-2H3,(H,25,26). The number of halogens is 2. The van der Waals surface area contributed by atoms with Crippen LogP contribution >= 0.6 is 0 Å². The Morgan fingerprint density at radius 2 is 1.65 bits per heavy atom. The second-order valence-corrected chi connectivity index (χ2v) is 6.04. The normalized spacial score (nSPS) is 10.5. The monoisotopic (exact) mass is 353 g/mol. The van der Waals surface area contributed by atoms with Crippen LogP contribution in [-0.2, 0) is 0 Å². The smallest absolute Gasteiger partial charge is 0.257 e. The Kier molecular flexibility index (Phi) is 4.93. The first-order chi connectivity index (χ1) is 12.4. The highest BCUT2D eigenvalue weighted by molar-refractivity contribution is 6.04. The minimum atomic E-state index is -0.837. The highest BCUT2D eigenvalue weighted by Gasteiger charge is 2.11. The Morgan fingerprint density at radius 1 is 0.923 bits per heavy atom. The molecule has 0 spiro atoms. The van der Waals surface area contributed by atoms with Gasteiger partial charge >= 0.3 is 0 Å². The van der Waals surface area contributed by atoms with Gasteiger partial charge in [-0.05, 0) is 55.3 Å². The van der Waals surface area contributed by atoms with Crippen molar-refractivity contribution in [3.05, 3.63) is 83.2 Å². The van der Waals surface area contributed by atoms with Gasteiger partial charge in [0.2, 0.25) is 0 Å². The molecule has 6 heteroatoms. The maximum atomic E-state index is 13.7. The van der Waals surface area contributed by atoms with Gasteiger partial charge in [-0.3, -0.25) is 9.78 Å². The summed E-state index contributed by atoms with van der Waals surface area (Å²) in [4.78, 5) is 16.4. The minimum Gasteiger partial charge on any atom is -0.354 e. The number of rotatable bonds is 4. The second-order valence-electron chi connectivity index (χ2n) is 6.04. The molecule has 0 unspecified atom stereocenters. The Labute approximate surface area is 149 Å². The fourth-order valence-electron chi connectivity index (χ4n) is 2.63. The van der Waals surface area contributed by atoms with Crippen LogP contribution in [0.2, 0.25) is 0 Å². The number of nitrogens with zero attached hydrogens (tertiary/aromatic N) is 1. The van der Waals surface area contributed by atoms with E-state index in [1.54, 1.807) is 12.3 Å². The summed E-state index contributed by atoms with van der Waals surface area (Å²) in [7, 11) is 0. The van der Waals surface area contributed by atoms with Crippen LogP contribution in [-0.4, -0.2) is 10.9 Å². The molecule has 2 aromatic carbocycles. The fourth-order valence-corrected chi connectivity index (χ4v) is 2.63. The first-order valence-electron chi connectivity index (χ1n) is 7.97. The van der Waals surface area contributed by atoms with E-state index in [9.17, 15) is 13.6 Å². The van der Waals surface area contributed by atoms with Gasteiger partial charge in [0.05, 0.1) is 23.1 Å². The van der Waals surface area contributed by atoms with Gasteiger partial charge in [0, 0.05) is 18.0 Å². The minimum absolute atomic E-state index is 0.0935. The summed E-state index contributed by atoms with van der Waals surface area (Å²) in [6, 6.07) is 10.6. The van der Waals surface area contributed by atoms with Gasteiger partial charge in [-0.2, -0.15) is 0 Å². The van der Waals surface area contributed by atoms with Crippen molar-refractivity contribution >= 4 is 23.0 Å². The van der Waals surface area contributed by atoms with E-state index in [0.717, 1.165) is 22.9 Å². The van der Waals surface area contributed by atoms with Crippen LogP contribution in [0.15, 0.2) is 54.9 Å². The summed E-state index contributed by atoms with van der Waals surface area (Å²) >= 11 is 0. The van der Waals surface area contributed by atoms with Crippen LogP contribution in [0, 0.1) is 25.5 Å². The predicted molar refractivity (Wildman–Crippen MR) is 97.7 cm³/mol. The van der Waals surface area contributed by atoms with Crippen molar-refractivity contribution in [1.29, 1.82) is 0 Å². The molecule has 1 aromatic heterocycles. The number of anilines is 3. The molecule has 26 heavy (non-hydrogen) atoms. The van der Waals surface area contributed by atoms with Crippen LogP contribution in [0.5, 0.6) is 0 Å². The molecule has 4 nitrogen and oxygen atoms in total. The van der Waals surface area contributed by atoms with Crippen molar-refractivity contribution in [3.8, 4) is 0 Å². The summed E-state index contributed by atoms with van der Waals surface area (Å²) < 4.78 is 26.6. The lowest BCUT2D eigenvalue weighted by Crippen LogP contribution is -2.13. The van der Waals surface area contributed by atoms with Crippen molar-refractivity contribution in [2.45, 2.75) is 13.8 Å². The van der Waals surface area contributed by atoms with E-state index < -0.39 is 17.5 Å². The third kappa shape index (κ3) is 4.22. The molecule has 0 bridgehead atoms. The number of aromatic nitrogens is 1. The Balaban J connectivity index is 1.78. The topological polar surface area (TPSA) is 54.0 Å². The summed E-state index contributed by atoms with van der Waals surface area (Å²) in [5.41, 5.74) is 3.89. The molecule has 1 heterocycles. The third-order valence-corrected chi connectivity index (χ3v) is 3.69. The lowest BCUT2D eigenvalue weighted by Gasteiger charge is -2.10. The quantitative estimate of drug-likeness (QED) is 0.696. The van der Waals surface area contributed by atoms with E-state index in [0.29, 0.717) is 11.8 Å². The summed E-state index contributed by atoms with van der Waals surface area (Å²) in [5, 5.41) is 5.61. The number of carbonyl (C=O) groups excluding carboxylic acids is 1. The van der Waals surface area contributed by atoms with Crippen molar-refractivity contribution in [1.82, 2.24) is 4.98 Å². The van der Waals surface area contributed by atoms with Crippen LogP contribution in [0.4, 0.5) is 25.8 Å². The van der Waals surface area contributed by atoms with E-state index in [1.807, 2.05) is 26.0 Å². The van der Waals surface area contributed by atoms with Crippen LogP contribution in [0.3, 0.4) is 0 Å². The Morgan fingerprint density at radius 3 is 2.35 bits per heavy atom. The van der Waals surface area contributed by atoms with E-state index in [-0.39, 0.29) is 11.3 Å². The molecule has 3 aromatic rings. The average Bonchev–Trinajstić information content (AvgIpc) is 2.56. The molecule has 3 rings (SSSR count). The first-order valence-corrected chi connectivity index (χ1v) is 7.97. The number of benzene rings is 2. The molecule has 0 atom stereocenters. The molecule has 132 valence electrons. The van der Waals surface area contributed by atoms with Crippen LogP contribution in [0.25, 0.3) is 0 Å². The number of aryl methyl sites for hydroxylation is 2. The predicted octanol–water partition coefficient (Wildman–Crippen LogP) is 4.97. The highest BCUT2D eigenvalue weighted by atomic mass is 19.1. The molecule has 0 aliphatic rings. The van der Waals surface area contributed by atoms with Crippen molar-refractivity contribution in [3.63, 3.8) is 0 Å². The molecule has 0 saturated carbocycles. The molecule has 2 N–H and O–H groups in total. The highest BCUT2D eigenvalue weighted by Crippen LogP contribution is 2.21. The molecular weight excluding hydrogens is 336 g/mol. The maximum absolute atomic E-state index is 13.7. The van der Waals surface area contributed by atoms with Crippen LogP contribution < -0.4 is 10.6 Å². The molecule has 0 radical (unpaired) electrons. The van der Waals surface area contributed by atoms with Crippen LogP contribution in [0.1, 0.15) is 21.5 Å². The maximum Gasteiger partial charge on any atom is 0.257 e. The fraction of sp³-hybridized carbons (Fsp3) is 0.100. The van der Waals surface area contributed by atoms with E-state index in [4.69, 9.17) is 0 Å². The molecule has 0 aliphatic heterocycles. The van der Waals surface area contributed by atoms with E-state index in [1.165, 1.54) is 12.3 Å². The van der Waals surface area contributed by atoms with Gasteiger partial charge in [0.1, 0.15) is 11.6 Å². The SMILES string of the molecule is Cc1cc(C)cc(Nc2cncc(C(=O)Nc3ccc(F)cc3F)c2)c1. The Bertz CT molecular complexity index is 953. The zero-order valence-electron chi connectivity index (χ0n) is 14.3. The average molecular weight is 353 g/mol. The van der Waals surface area contributed by atoms with Crippen molar-refractivity contribution in [2.75, 3.05) is 10.6 Å². The number of hydrogen-bond acceptors (Lipinski definition) is 3. The second kappa shape index (κ2) is 7.31. The van der Waals surface area contributed by atoms with Gasteiger partial charge in [0.15, 0.2) is 0 Å². The van der Waals surface area contributed by atoms with E-state index in [2.05, 4.69) is 21.7 Å². The summed E-state index contributed by atoms with van der Waals surface area (Å²) in [6.45, 7) is 4.00. The lowest BCUT2D eigenvalue weighted by atomic mass is 10.1. The lowest BCUT2D eigenvalue weighted by molar-refractivity contribution is 0.102. The van der Waals surface area contributed by atoms with Crippen molar-refractivity contribution in [2.24, 2.45) is 0 Å². The largest absolute Gasteiger partial charge is 0.354 e. The molecule has 0 aliphatic carbocycles. The molecule has 0 fully saturated rings. The zero-order chi connectivity index (χ0) is 18.7. The van der Waals surface area contributed by atoms with Gasteiger partial charge in [0.25, 0.3) is 5.91 Å². The number of hydrogen-bond donors (Lipinski definition) is 2. The van der Waals surface area contributed by atoms with Crippen molar-refractivity contribution < 1.29 is 13.6 Å². The third-order valence-electron chi connectivity index (χ3n) is 3.69. The zero-order valence-corrected chi connectivity index (χ0v) is 14.3. The number of nitrogens with one attached hydrogen (secondary N) is 2. The molecule has 1 amide bonds. The summed E-state index contributed by atoms with van der Waals surface area (Å²) in [6.07, 6.45) is 2.97. The van der Waals surface area contributed by atoms with E-state index >= 15 is 0 Å². The first kappa shape index (κ1) is 17.5. The number of amides is 1. The summed E-state index contributed by atoms with van der Waals surface area (Å²) in [5.74, 6) is -2.08. The van der Waals surface area contributed by atoms with Gasteiger partial charge in [-0.25, -0.2) is 8.78 Å². The molecular formula is C20H17F2N3O. The van der Waals surface area contributed by atoms with Gasteiger partial charge in [-0.1, -0.05) is 6.07 Å².